The van der Waals surface area contributed by atoms with E-state index in [1.54, 1.807) is 22.0 Å². The number of fused-ring (bicyclic) bond motifs is 3. The number of nitrogens with one attached hydrogen (secondary N) is 1. The van der Waals surface area contributed by atoms with E-state index in [2.05, 4.69) is 39.4 Å². The second-order valence-electron chi connectivity index (χ2n) is 8.51. The molecule has 2 saturated heterocycles. The molecule has 3 atom stereocenters. The second kappa shape index (κ2) is 8.38. The van der Waals surface area contributed by atoms with E-state index in [1.807, 2.05) is 0 Å². The number of halogens is 2. The average Bonchev–Trinajstić information content (AvgIpc) is 3.45. The summed E-state index contributed by atoms with van der Waals surface area (Å²) >= 11 is 13.7. The van der Waals surface area contributed by atoms with E-state index >= 15 is 0 Å². The first-order valence-electron chi connectivity index (χ1n) is 10.4. The number of hydrogen-bond donors (Lipinski definition) is 1. The number of aryl methyl sites for hydroxylation is 1. The Labute approximate surface area is 201 Å². The predicted molar refractivity (Wildman–Crippen MR) is 129 cm³/mol. The van der Waals surface area contributed by atoms with E-state index in [0.717, 1.165) is 34.6 Å². The van der Waals surface area contributed by atoms with Crippen molar-refractivity contribution in [3.05, 3.63) is 45.5 Å². The number of benzene rings is 1. The van der Waals surface area contributed by atoms with Crippen molar-refractivity contribution in [2.24, 2.45) is 0 Å². The van der Waals surface area contributed by atoms with E-state index < -0.39 is 10.0 Å². The summed E-state index contributed by atoms with van der Waals surface area (Å²) in [5.74, 6) is 0.855. The van der Waals surface area contributed by atoms with Crippen molar-refractivity contribution in [3.8, 4) is 0 Å². The number of anilines is 1. The van der Waals surface area contributed by atoms with Gasteiger partial charge in [-0.25, -0.2) is 18.4 Å². The van der Waals surface area contributed by atoms with Crippen molar-refractivity contribution < 1.29 is 8.42 Å². The number of nitrogens with zero attached hydrogens (tertiary/aromatic N) is 4. The number of thiophene rings is 1. The number of piperazine rings is 1. The van der Waals surface area contributed by atoms with Gasteiger partial charge in [0.25, 0.3) is 0 Å². The van der Waals surface area contributed by atoms with Gasteiger partial charge in [0, 0.05) is 37.8 Å². The minimum atomic E-state index is -3.60. The summed E-state index contributed by atoms with van der Waals surface area (Å²) in [5, 5.41) is 6.21. The summed E-state index contributed by atoms with van der Waals surface area (Å²) in [6, 6.07) is 4.82. The minimum absolute atomic E-state index is 0.0302. The number of aromatic nitrogens is 2. The Morgan fingerprint density at radius 2 is 2.03 bits per heavy atom. The molecule has 3 aromatic rings. The van der Waals surface area contributed by atoms with Gasteiger partial charge in [0.05, 0.1) is 25.2 Å². The van der Waals surface area contributed by atoms with Gasteiger partial charge in [-0.05, 0) is 49.4 Å². The molecule has 4 heterocycles. The fraction of sp³-hybridized carbons (Fsp3) is 0.429. The van der Waals surface area contributed by atoms with E-state index in [9.17, 15) is 8.42 Å². The predicted octanol–water partition coefficient (Wildman–Crippen LogP) is 4.25. The van der Waals surface area contributed by atoms with Gasteiger partial charge in [0.1, 0.15) is 12.1 Å². The maximum atomic E-state index is 13.2. The molecule has 2 aliphatic heterocycles. The summed E-state index contributed by atoms with van der Waals surface area (Å²) in [7, 11) is -3.60. The van der Waals surface area contributed by atoms with Crippen LogP contribution < -0.4 is 5.32 Å². The first kappa shape index (κ1) is 22.3. The van der Waals surface area contributed by atoms with Crippen LogP contribution in [-0.4, -0.2) is 65.4 Å². The van der Waals surface area contributed by atoms with Gasteiger partial charge in [-0.1, -0.05) is 23.2 Å². The molecule has 1 N–H and O–H groups in total. The van der Waals surface area contributed by atoms with Crippen LogP contribution in [0.5, 0.6) is 0 Å². The van der Waals surface area contributed by atoms with E-state index in [-0.39, 0.29) is 28.0 Å². The number of sulfonamides is 1. The summed E-state index contributed by atoms with van der Waals surface area (Å²) in [6.45, 7) is 6.20. The normalized spacial score (nSPS) is 22.6. The molecule has 0 aliphatic carbocycles. The molecule has 0 saturated carbocycles. The third-order valence-electron chi connectivity index (χ3n) is 6.22. The lowest BCUT2D eigenvalue weighted by Crippen LogP contribution is -2.50. The summed E-state index contributed by atoms with van der Waals surface area (Å²) in [5.41, 5.74) is 2.14. The summed E-state index contributed by atoms with van der Waals surface area (Å²) < 4.78 is 29.0. The third-order valence-corrected chi connectivity index (χ3v) is 9.97. The van der Waals surface area contributed by atoms with Crippen LogP contribution >= 0.6 is 34.5 Å². The molecule has 0 radical (unpaired) electrons. The van der Waals surface area contributed by atoms with Gasteiger partial charge in [0.2, 0.25) is 10.0 Å². The Balaban J connectivity index is 1.25. The van der Waals surface area contributed by atoms with Crippen LogP contribution in [0.25, 0.3) is 10.2 Å². The molecule has 2 aliphatic rings. The van der Waals surface area contributed by atoms with Crippen molar-refractivity contribution in [1.29, 1.82) is 0 Å². The zero-order valence-corrected chi connectivity index (χ0v) is 20.8. The second-order valence-corrected chi connectivity index (χ2v) is 12.1. The summed E-state index contributed by atoms with van der Waals surface area (Å²) in [6.07, 6.45) is 2.44. The van der Waals surface area contributed by atoms with Gasteiger partial charge in [-0.3, -0.25) is 4.90 Å². The van der Waals surface area contributed by atoms with Gasteiger partial charge in [0.15, 0.2) is 0 Å². The number of likely N-dealkylation sites (tertiary alicyclic amines) is 1. The van der Waals surface area contributed by atoms with Gasteiger partial charge < -0.3 is 5.32 Å². The Morgan fingerprint density at radius 1 is 1.22 bits per heavy atom. The molecule has 2 fully saturated rings. The standard InChI is InChI=1S/C21H23Cl2N5O2S2/c1-12-10-31-20-19(12)24-11-25-21(20)26-13(2)7-27-8-15-5-14(27)9-28(15)32(29,30)16-3-4-17(22)18(23)6-16/h3-4,6,10-11,13-15H,5,7-9H2,1-2H3,(H,24,25,26)/t13-,14?,15?/m0/s1. The molecule has 5 rings (SSSR count). The molecule has 2 aromatic heterocycles. The molecule has 2 bridgehead atoms. The van der Waals surface area contributed by atoms with Crippen molar-refractivity contribution >= 4 is 60.6 Å². The van der Waals surface area contributed by atoms with Gasteiger partial charge in [-0.2, -0.15) is 4.31 Å². The van der Waals surface area contributed by atoms with E-state index in [1.165, 1.54) is 18.2 Å². The third kappa shape index (κ3) is 3.89. The first-order valence-corrected chi connectivity index (χ1v) is 13.5. The molecule has 2 unspecified atom stereocenters. The fourth-order valence-corrected chi connectivity index (χ4v) is 7.72. The van der Waals surface area contributed by atoms with Crippen molar-refractivity contribution in [1.82, 2.24) is 19.2 Å². The zero-order chi connectivity index (χ0) is 22.6. The van der Waals surface area contributed by atoms with E-state index in [0.29, 0.717) is 18.1 Å². The van der Waals surface area contributed by atoms with Crippen LogP contribution in [-0.2, 0) is 10.0 Å². The molecular weight excluding hydrogens is 489 g/mol. The lowest BCUT2D eigenvalue weighted by atomic mass is 10.2. The highest BCUT2D eigenvalue weighted by molar-refractivity contribution is 7.89. The monoisotopic (exact) mass is 511 g/mol. The fourth-order valence-electron chi connectivity index (χ4n) is 4.71. The maximum Gasteiger partial charge on any atom is 0.243 e. The van der Waals surface area contributed by atoms with Crippen LogP contribution in [0.15, 0.2) is 34.8 Å². The molecule has 170 valence electrons. The van der Waals surface area contributed by atoms with Crippen LogP contribution in [0.3, 0.4) is 0 Å². The molecule has 7 nitrogen and oxygen atoms in total. The summed E-state index contributed by atoms with van der Waals surface area (Å²) in [4.78, 5) is 11.4. The number of rotatable bonds is 6. The van der Waals surface area contributed by atoms with Crippen molar-refractivity contribution in [2.75, 3.05) is 25.0 Å². The van der Waals surface area contributed by atoms with E-state index in [4.69, 9.17) is 23.2 Å². The lowest BCUT2D eigenvalue weighted by Gasteiger charge is -2.35. The highest BCUT2D eigenvalue weighted by Gasteiger charge is 2.48. The lowest BCUT2D eigenvalue weighted by molar-refractivity contribution is 0.178. The smallest absolute Gasteiger partial charge is 0.243 e. The van der Waals surface area contributed by atoms with Crippen LogP contribution in [0.1, 0.15) is 18.9 Å². The van der Waals surface area contributed by atoms with Crippen LogP contribution in [0.4, 0.5) is 5.82 Å². The largest absolute Gasteiger partial charge is 0.365 e. The quantitative estimate of drug-likeness (QED) is 0.532. The topological polar surface area (TPSA) is 78.4 Å². The highest BCUT2D eigenvalue weighted by atomic mass is 35.5. The molecule has 32 heavy (non-hydrogen) atoms. The molecular formula is C21H23Cl2N5O2S2. The SMILES string of the molecule is Cc1csc2c(N[C@@H](C)CN3CC4CC3CN4S(=O)(=O)c3ccc(Cl)c(Cl)c3)ncnc12. The minimum Gasteiger partial charge on any atom is -0.365 e. The molecule has 11 heteroatoms. The van der Waals surface area contributed by atoms with Crippen LogP contribution in [0.2, 0.25) is 10.0 Å². The zero-order valence-electron chi connectivity index (χ0n) is 17.6. The Morgan fingerprint density at radius 3 is 2.75 bits per heavy atom. The van der Waals surface area contributed by atoms with Crippen LogP contribution in [0, 0.1) is 6.92 Å². The molecule has 0 spiro atoms. The highest BCUT2D eigenvalue weighted by Crippen LogP contribution is 2.36. The van der Waals surface area contributed by atoms with Gasteiger partial charge in [-0.15, -0.1) is 11.3 Å². The molecule has 1 aromatic carbocycles. The average molecular weight is 512 g/mol. The first-order chi connectivity index (χ1) is 15.2. The van der Waals surface area contributed by atoms with Gasteiger partial charge >= 0.3 is 0 Å². The Kier molecular flexibility index (Phi) is 5.84. The number of hydrogen-bond acceptors (Lipinski definition) is 7. The van der Waals surface area contributed by atoms with Crippen molar-refractivity contribution in [2.45, 2.75) is 43.3 Å². The maximum absolute atomic E-state index is 13.2. The van der Waals surface area contributed by atoms with Crippen molar-refractivity contribution in [3.63, 3.8) is 0 Å². The molecule has 0 amide bonds. The Bertz CT molecular complexity index is 1280. The Hall–Kier alpha value is -1.49.